The Morgan fingerprint density at radius 2 is 1.70 bits per heavy atom. The summed E-state index contributed by atoms with van der Waals surface area (Å²) in [6, 6.07) is 1.96. The number of benzene rings is 1. The first-order chi connectivity index (χ1) is 8.88. The topological polar surface area (TPSA) is 60.4 Å². The van der Waals surface area contributed by atoms with Gasteiger partial charge in [0.25, 0.3) is 5.92 Å². The summed E-state index contributed by atoms with van der Waals surface area (Å²) in [6.45, 7) is 0.323. The normalized spacial score (nSPS) is 13.1. The molecular weight excluding hydrogens is 311 g/mol. The molecule has 0 aliphatic carbocycles. The van der Waals surface area contributed by atoms with E-state index in [9.17, 15) is 35.2 Å². The van der Waals surface area contributed by atoms with Gasteiger partial charge in [-0.15, -0.1) is 0 Å². The molecule has 112 valence electrons. The van der Waals surface area contributed by atoms with Crippen LogP contribution >= 0.6 is 0 Å². The molecule has 20 heavy (non-hydrogen) atoms. The summed E-state index contributed by atoms with van der Waals surface area (Å²) < 4.78 is 88.1. The van der Waals surface area contributed by atoms with Gasteiger partial charge in [-0.1, -0.05) is 0 Å². The third-order valence-electron chi connectivity index (χ3n) is 2.10. The molecule has 0 fully saturated rings. The Morgan fingerprint density at radius 1 is 1.15 bits per heavy atom. The van der Waals surface area contributed by atoms with Crippen molar-refractivity contribution in [1.29, 1.82) is 0 Å². The molecule has 0 atom stereocenters. The molecule has 1 aromatic rings. The molecule has 0 saturated carbocycles. The van der Waals surface area contributed by atoms with E-state index in [0.29, 0.717) is 19.1 Å². The minimum Gasteiger partial charge on any atom is -0.376 e. The van der Waals surface area contributed by atoms with Crippen molar-refractivity contribution < 1.29 is 39.3 Å². The first kappa shape index (κ1) is 16.3. The van der Waals surface area contributed by atoms with Crippen molar-refractivity contribution in [2.24, 2.45) is 0 Å². The fraction of sp³-hybridized carbons (Fsp3) is 0.300. The predicted octanol–water partition coefficient (Wildman–Crippen LogP) is 2.84. The number of hydrogen-bond acceptors (Lipinski definition) is 4. The highest BCUT2D eigenvalue weighted by molar-refractivity contribution is 7.88. The highest BCUT2D eigenvalue weighted by Gasteiger charge is 2.49. The molecule has 0 aliphatic heterocycles. The van der Waals surface area contributed by atoms with Crippen LogP contribution in [0.15, 0.2) is 18.2 Å². The van der Waals surface area contributed by atoms with Crippen molar-refractivity contribution in [2.45, 2.75) is 18.4 Å². The Bertz CT molecular complexity index is 616. The van der Waals surface area contributed by atoms with Gasteiger partial charge in [-0.25, -0.2) is 8.78 Å². The average molecular weight is 318 g/mol. The molecule has 1 aromatic carbocycles. The van der Waals surface area contributed by atoms with E-state index in [1.807, 2.05) is 0 Å². The van der Waals surface area contributed by atoms with Crippen LogP contribution in [-0.4, -0.2) is 20.2 Å². The van der Waals surface area contributed by atoms with Crippen molar-refractivity contribution >= 4 is 16.4 Å². The van der Waals surface area contributed by atoms with Crippen LogP contribution < -0.4 is 4.18 Å². The molecule has 0 aromatic heterocycles. The summed E-state index contributed by atoms with van der Waals surface area (Å²) in [6.07, 6.45) is 0.178. The molecule has 0 spiro atoms. The van der Waals surface area contributed by atoms with Crippen LogP contribution in [0, 0.1) is 0 Å². The fourth-order valence-corrected chi connectivity index (χ4v) is 1.68. The zero-order valence-electron chi connectivity index (χ0n) is 9.74. The first-order valence-corrected chi connectivity index (χ1v) is 6.27. The number of carbonyl (C=O) groups is 1. The number of hydrogen-bond donors (Lipinski definition) is 0. The number of carbonyl (C=O) groups excluding carboxylic acids is 1. The Hall–Kier alpha value is -1.71. The van der Waals surface area contributed by atoms with E-state index < -0.39 is 32.9 Å². The van der Waals surface area contributed by atoms with Gasteiger partial charge in [-0.3, -0.25) is 4.79 Å². The summed E-state index contributed by atoms with van der Waals surface area (Å²) in [5.41, 5.74) is -7.16. The number of rotatable bonds is 4. The van der Waals surface area contributed by atoms with Crippen LogP contribution in [0.2, 0.25) is 0 Å². The van der Waals surface area contributed by atoms with E-state index in [-0.39, 0.29) is 11.8 Å². The van der Waals surface area contributed by atoms with Gasteiger partial charge in [-0.2, -0.15) is 21.6 Å². The number of halogens is 5. The minimum atomic E-state index is -6.07. The fourth-order valence-electron chi connectivity index (χ4n) is 1.20. The van der Waals surface area contributed by atoms with Crippen molar-refractivity contribution in [1.82, 2.24) is 0 Å². The van der Waals surface area contributed by atoms with Crippen molar-refractivity contribution in [3.05, 3.63) is 29.3 Å². The van der Waals surface area contributed by atoms with Gasteiger partial charge in [0.15, 0.2) is 5.75 Å². The van der Waals surface area contributed by atoms with Crippen LogP contribution in [0.1, 0.15) is 22.8 Å². The molecule has 10 heteroatoms. The molecule has 0 heterocycles. The Kier molecular flexibility index (Phi) is 4.09. The molecule has 0 aliphatic rings. The van der Waals surface area contributed by atoms with Crippen molar-refractivity contribution in [3.8, 4) is 5.75 Å². The molecule has 0 saturated heterocycles. The lowest BCUT2D eigenvalue weighted by Crippen LogP contribution is -2.29. The van der Waals surface area contributed by atoms with Crippen LogP contribution in [-0.2, 0) is 16.0 Å². The Morgan fingerprint density at radius 3 is 2.10 bits per heavy atom. The molecule has 4 nitrogen and oxygen atoms in total. The standard InChI is InChI=1S/C10H7F5O4S/c1-9(11,12)7-4-6(5-16)2-3-8(7)19-20(17,18)10(13,14)15/h2-5H,1H3. The molecular formula is C10H7F5O4S. The first-order valence-electron chi connectivity index (χ1n) is 4.87. The quantitative estimate of drug-likeness (QED) is 0.371. The maximum atomic E-state index is 13.2. The summed E-state index contributed by atoms with van der Waals surface area (Å²) in [5.74, 6) is -4.89. The second kappa shape index (κ2) is 5.00. The summed E-state index contributed by atoms with van der Waals surface area (Å²) in [7, 11) is -6.07. The van der Waals surface area contributed by atoms with E-state index in [1.165, 1.54) is 0 Å². The highest BCUT2D eigenvalue weighted by atomic mass is 32.2. The van der Waals surface area contributed by atoms with Crippen molar-refractivity contribution in [2.75, 3.05) is 0 Å². The zero-order chi connectivity index (χ0) is 15.8. The largest absolute Gasteiger partial charge is 0.534 e. The van der Waals surface area contributed by atoms with Gasteiger partial charge in [0.2, 0.25) is 0 Å². The van der Waals surface area contributed by atoms with Gasteiger partial charge in [0, 0.05) is 12.5 Å². The van der Waals surface area contributed by atoms with E-state index >= 15 is 0 Å². The molecule has 0 amide bonds. The third kappa shape index (κ3) is 3.44. The van der Waals surface area contributed by atoms with E-state index in [4.69, 9.17) is 0 Å². The van der Waals surface area contributed by atoms with Gasteiger partial charge in [-0.05, 0) is 18.2 Å². The lowest BCUT2D eigenvalue weighted by molar-refractivity contribution is -0.0504. The van der Waals surface area contributed by atoms with E-state index in [2.05, 4.69) is 4.18 Å². The maximum Gasteiger partial charge on any atom is 0.534 e. The molecule has 0 bridgehead atoms. The second-order valence-corrected chi connectivity index (χ2v) is 5.28. The highest BCUT2D eigenvalue weighted by Crippen LogP contribution is 2.37. The summed E-state index contributed by atoms with van der Waals surface area (Å²) in [4.78, 5) is 10.5. The second-order valence-electron chi connectivity index (χ2n) is 3.75. The summed E-state index contributed by atoms with van der Waals surface area (Å²) >= 11 is 0. The van der Waals surface area contributed by atoms with Crippen LogP contribution in [0.5, 0.6) is 5.75 Å². The smallest absolute Gasteiger partial charge is 0.376 e. The van der Waals surface area contributed by atoms with Crippen LogP contribution in [0.4, 0.5) is 22.0 Å². The molecule has 0 unspecified atom stereocenters. The monoisotopic (exact) mass is 318 g/mol. The van der Waals surface area contributed by atoms with Crippen LogP contribution in [0.25, 0.3) is 0 Å². The Labute approximate surface area is 110 Å². The maximum absolute atomic E-state index is 13.2. The number of aldehydes is 1. The van der Waals surface area contributed by atoms with E-state index in [1.54, 1.807) is 0 Å². The molecule has 0 radical (unpaired) electrons. The zero-order valence-corrected chi connectivity index (χ0v) is 10.6. The number of alkyl halides is 5. The van der Waals surface area contributed by atoms with E-state index in [0.717, 1.165) is 6.07 Å². The van der Waals surface area contributed by atoms with Gasteiger partial charge >= 0.3 is 15.6 Å². The molecule has 0 N–H and O–H groups in total. The third-order valence-corrected chi connectivity index (χ3v) is 3.06. The minimum absolute atomic E-state index is 0.178. The predicted molar refractivity (Wildman–Crippen MR) is 57.0 cm³/mol. The molecule has 1 rings (SSSR count). The summed E-state index contributed by atoms with van der Waals surface area (Å²) in [5, 5.41) is 0. The van der Waals surface area contributed by atoms with Crippen LogP contribution in [0.3, 0.4) is 0 Å². The van der Waals surface area contributed by atoms with Gasteiger partial charge in [0.1, 0.15) is 6.29 Å². The Balaban J connectivity index is 3.37. The lowest BCUT2D eigenvalue weighted by Gasteiger charge is -2.17. The van der Waals surface area contributed by atoms with Gasteiger partial charge in [0.05, 0.1) is 5.56 Å². The van der Waals surface area contributed by atoms with Crippen molar-refractivity contribution in [3.63, 3.8) is 0 Å². The van der Waals surface area contributed by atoms with Gasteiger partial charge < -0.3 is 4.18 Å². The lowest BCUT2D eigenvalue weighted by atomic mass is 10.1. The average Bonchev–Trinajstić information content (AvgIpc) is 2.26. The SMILES string of the molecule is CC(F)(F)c1cc(C=O)ccc1OS(=O)(=O)C(F)(F)F.